The fraction of sp³-hybridized carbons (Fsp3) is 0.250. The van der Waals surface area contributed by atoms with Gasteiger partial charge in [0.15, 0.2) is 0 Å². The van der Waals surface area contributed by atoms with Crippen molar-refractivity contribution in [3.8, 4) is 0 Å². The van der Waals surface area contributed by atoms with Gasteiger partial charge in [-0.1, -0.05) is 18.7 Å². The molecule has 0 atom stereocenters. The summed E-state index contributed by atoms with van der Waals surface area (Å²) in [6.07, 6.45) is 7.58. The lowest BCUT2D eigenvalue weighted by Gasteiger charge is -1.98. The Morgan fingerprint density at radius 1 is 1.55 bits per heavy atom. The van der Waals surface area contributed by atoms with Crippen LogP contribution in [0, 0.1) is 0 Å². The van der Waals surface area contributed by atoms with Crippen LogP contribution in [0.3, 0.4) is 0 Å². The first-order valence-electron chi connectivity index (χ1n) is 3.36. The quantitative estimate of drug-likeness (QED) is 0.456. The van der Waals surface area contributed by atoms with Gasteiger partial charge < -0.3 is 10.6 Å². The van der Waals surface area contributed by atoms with Crippen molar-refractivity contribution in [3.63, 3.8) is 0 Å². The van der Waals surface area contributed by atoms with E-state index < -0.39 is 0 Å². The van der Waals surface area contributed by atoms with Crippen molar-refractivity contribution in [2.24, 2.45) is 11.6 Å². The SMILES string of the molecule is C=C/C=C(\C=C/N)CCON. The summed E-state index contributed by atoms with van der Waals surface area (Å²) in [7, 11) is 0. The lowest BCUT2D eigenvalue weighted by Crippen LogP contribution is -2.01. The lowest BCUT2D eigenvalue weighted by molar-refractivity contribution is 0.141. The van der Waals surface area contributed by atoms with E-state index in [1.165, 1.54) is 6.20 Å². The van der Waals surface area contributed by atoms with Gasteiger partial charge in [-0.15, -0.1) is 0 Å². The fourth-order valence-corrected chi connectivity index (χ4v) is 0.674. The van der Waals surface area contributed by atoms with E-state index in [0.29, 0.717) is 6.61 Å². The van der Waals surface area contributed by atoms with E-state index in [2.05, 4.69) is 11.4 Å². The van der Waals surface area contributed by atoms with Crippen molar-refractivity contribution in [3.05, 3.63) is 36.6 Å². The second-order valence-electron chi connectivity index (χ2n) is 1.96. The van der Waals surface area contributed by atoms with Crippen LogP contribution in [0.15, 0.2) is 36.6 Å². The van der Waals surface area contributed by atoms with E-state index in [0.717, 1.165) is 12.0 Å². The summed E-state index contributed by atoms with van der Waals surface area (Å²) in [6, 6.07) is 0. The summed E-state index contributed by atoms with van der Waals surface area (Å²) < 4.78 is 0. The molecule has 0 bridgehead atoms. The van der Waals surface area contributed by atoms with Gasteiger partial charge in [0, 0.05) is 0 Å². The standard InChI is InChI=1S/C8H14N2O/c1-2-3-8(4-6-9)5-7-11-10/h2-4,6H,1,5,7,9-10H2/b6-4-,8-3+. The number of allylic oxidation sites excluding steroid dienone is 3. The molecule has 0 saturated heterocycles. The molecule has 0 amide bonds. The summed E-state index contributed by atoms with van der Waals surface area (Å²) in [5, 5.41) is 0. The third-order valence-corrected chi connectivity index (χ3v) is 1.15. The molecular weight excluding hydrogens is 140 g/mol. The average Bonchev–Trinajstić information content (AvgIpc) is 2.01. The highest BCUT2D eigenvalue weighted by Crippen LogP contribution is 2.02. The summed E-state index contributed by atoms with van der Waals surface area (Å²) in [4.78, 5) is 4.42. The molecule has 3 nitrogen and oxygen atoms in total. The third kappa shape index (κ3) is 5.39. The van der Waals surface area contributed by atoms with Gasteiger partial charge in [0.25, 0.3) is 0 Å². The van der Waals surface area contributed by atoms with Gasteiger partial charge in [0.05, 0.1) is 6.61 Å². The predicted octanol–water partition coefficient (Wildman–Crippen LogP) is 0.852. The second-order valence-corrected chi connectivity index (χ2v) is 1.96. The van der Waals surface area contributed by atoms with Crippen molar-refractivity contribution in [1.82, 2.24) is 0 Å². The molecule has 0 heterocycles. The molecule has 3 heteroatoms. The Morgan fingerprint density at radius 2 is 2.27 bits per heavy atom. The molecule has 62 valence electrons. The monoisotopic (exact) mass is 154 g/mol. The molecule has 0 rings (SSSR count). The summed E-state index contributed by atoms with van der Waals surface area (Å²) in [5.74, 6) is 4.86. The van der Waals surface area contributed by atoms with Crippen LogP contribution in [-0.4, -0.2) is 6.61 Å². The first-order valence-corrected chi connectivity index (χ1v) is 3.36. The molecule has 0 aliphatic heterocycles. The molecule has 4 N–H and O–H groups in total. The van der Waals surface area contributed by atoms with Crippen molar-refractivity contribution < 1.29 is 4.84 Å². The maximum Gasteiger partial charge on any atom is 0.0719 e. The fourth-order valence-electron chi connectivity index (χ4n) is 0.674. The van der Waals surface area contributed by atoms with E-state index in [9.17, 15) is 0 Å². The number of rotatable bonds is 5. The van der Waals surface area contributed by atoms with Gasteiger partial charge in [0.2, 0.25) is 0 Å². The minimum atomic E-state index is 0.490. The van der Waals surface area contributed by atoms with Crippen LogP contribution < -0.4 is 11.6 Å². The van der Waals surface area contributed by atoms with Crippen LogP contribution in [0.4, 0.5) is 0 Å². The van der Waals surface area contributed by atoms with Gasteiger partial charge in [-0.3, -0.25) is 0 Å². The van der Waals surface area contributed by atoms with Crippen molar-refractivity contribution >= 4 is 0 Å². The highest BCUT2D eigenvalue weighted by molar-refractivity contribution is 5.22. The van der Waals surface area contributed by atoms with Gasteiger partial charge in [0.1, 0.15) is 0 Å². The third-order valence-electron chi connectivity index (χ3n) is 1.15. The number of hydrogen-bond acceptors (Lipinski definition) is 3. The molecule has 0 aliphatic carbocycles. The van der Waals surface area contributed by atoms with Gasteiger partial charge in [-0.25, -0.2) is 5.90 Å². The van der Waals surface area contributed by atoms with Gasteiger partial charge in [-0.2, -0.15) is 0 Å². The van der Waals surface area contributed by atoms with Crippen LogP contribution >= 0.6 is 0 Å². The molecule has 0 aromatic heterocycles. The zero-order valence-corrected chi connectivity index (χ0v) is 6.49. The van der Waals surface area contributed by atoms with E-state index in [4.69, 9.17) is 11.6 Å². The Kier molecular flexibility index (Phi) is 6.37. The lowest BCUT2D eigenvalue weighted by atomic mass is 10.2. The molecule has 0 fully saturated rings. The van der Waals surface area contributed by atoms with Crippen LogP contribution in [0.5, 0.6) is 0 Å². The number of hydrogen-bond donors (Lipinski definition) is 2. The topological polar surface area (TPSA) is 61.3 Å². The van der Waals surface area contributed by atoms with Gasteiger partial charge >= 0.3 is 0 Å². The molecule has 0 aromatic carbocycles. The molecule has 0 radical (unpaired) electrons. The van der Waals surface area contributed by atoms with Crippen molar-refractivity contribution in [1.29, 1.82) is 0 Å². The van der Waals surface area contributed by atoms with Crippen LogP contribution in [0.1, 0.15) is 6.42 Å². The summed E-state index contributed by atoms with van der Waals surface area (Å²) in [5.41, 5.74) is 6.25. The zero-order valence-electron chi connectivity index (χ0n) is 6.49. The van der Waals surface area contributed by atoms with Crippen LogP contribution in [0.2, 0.25) is 0 Å². The molecular formula is C8H14N2O. The summed E-state index contributed by atoms with van der Waals surface area (Å²) in [6.45, 7) is 4.06. The van der Waals surface area contributed by atoms with Crippen molar-refractivity contribution in [2.75, 3.05) is 6.61 Å². The Labute approximate surface area is 67.0 Å². The maximum absolute atomic E-state index is 5.20. The minimum absolute atomic E-state index is 0.490. The highest BCUT2D eigenvalue weighted by Gasteiger charge is 1.89. The second kappa shape index (κ2) is 7.05. The largest absolute Gasteiger partial charge is 0.405 e. The Bertz CT molecular complexity index is 161. The molecule has 0 aromatic rings. The molecule has 0 aliphatic rings. The first kappa shape index (κ1) is 9.94. The van der Waals surface area contributed by atoms with Crippen molar-refractivity contribution in [2.45, 2.75) is 6.42 Å². The Balaban J connectivity index is 3.89. The van der Waals surface area contributed by atoms with Crippen LogP contribution in [-0.2, 0) is 4.84 Å². The molecule has 0 spiro atoms. The Morgan fingerprint density at radius 3 is 2.73 bits per heavy atom. The molecule has 0 unspecified atom stereocenters. The van der Waals surface area contributed by atoms with Gasteiger partial charge in [-0.05, 0) is 24.3 Å². The predicted molar refractivity (Wildman–Crippen MR) is 46.4 cm³/mol. The molecule has 11 heavy (non-hydrogen) atoms. The van der Waals surface area contributed by atoms with Crippen LogP contribution in [0.25, 0.3) is 0 Å². The Hall–Kier alpha value is -1.06. The zero-order chi connectivity index (χ0) is 8.53. The first-order chi connectivity index (χ1) is 5.35. The van der Waals surface area contributed by atoms with E-state index in [1.54, 1.807) is 12.2 Å². The van der Waals surface area contributed by atoms with E-state index >= 15 is 0 Å². The number of nitrogens with two attached hydrogens (primary N) is 2. The minimum Gasteiger partial charge on any atom is -0.405 e. The summed E-state index contributed by atoms with van der Waals surface area (Å²) >= 11 is 0. The smallest absolute Gasteiger partial charge is 0.0719 e. The highest BCUT2D eigenvalue weighted by atomic mass is 16.6. The normalized spacial score (nSPS) is 12.3. The molecule has 0 saturated carbocycles. The van der Waals surface area contributed by atoms with E-state index in [1.807, 2.05) is 6.08 Å². The van der Waals surface area contributed by atoms with E-state index in [-0.39, 0.29) is 0 Å². The maximum atomic E-state index is 5.20. The average molecular weight is 154 g/mol.